The molecule has 4 nitrogen and oxygen atoms in total. The van der Waals surface area contributed by atoms with Gasteiger partial charge in [0.15, 0.2) is 0 Å². The molecule has 72 valence electrons. The van der Waals surface area contributed by atoms with Crippen LogP contribution in [0.3, 0.4) is 0 Å². The van der Waals surface area contributed by atoms with Gasteiger partial charge in [0.2, 0.25) is 0 Å². The van der Waals surface area contributed by atoms with E-state index in [9.17, 15) is 9.90 Å². The van der Waals surface area contributed by atoms with Crippen LogP contribution in [-0.2, 0) is 6.54 Å². The molecule has 0 amide bonds. The smallest absolute Gasteiger partial charge is 0.256 e. The third kappa shape index (κ3) is 1.25. The van der Waals surface area contributed by atoms with Crippen LogP contribution in [-0.4, -0.2) is 10.1 Å². The summed E-state index contributed by atoms with van der Waals surface area (Å²) in [5, 5.41) is 10.5. The van der Waals surface area contributed by atoms with E-state index in [1.54, 1.807) is 24.3 Å². The Bertz CT molecular complexity index is 531. The van der Waals surface area contributed by atoms with Crippen molar-refractivity contribution in [1.82, 2.24) is 4.98 Å². The minimum atomic E-state index is -0.223. The molecule has 0 aliphatic heterocycles. The van der Waals surface area contributed by atoms with Gasteiger partial charge >= 0.3 is 0 Å². The second-order valence-electron chi connectivity index (χ2n) is 3.07. The van der Waals surface area contributed by atoms with Crippen molar-refractivity contribution in [3.05, 3.63) is 40.3 Å². The first-order valence-electron chi connectivity index (χ1n) is 4.26. The molecule has 0 unspecified atom stereocenters. The molecule has 0 fully saturated rings. The van der Waals surface area contributed by atoms with Crippen molar-refractivity contribution in [2.75, 3.05) is 0 Å². The predicted octanol–water partition coefficient (Wildman–Crippen LogP) is 0.692. The number of nitrogens with one attached hydrogen (secondary N) is 1. The van der Waals surface area contributed by atoms with E-state index in [0.717, 1.165) is 0 Å². The molecule has 0 saturated heterocycles. The van der Waals surface area contributed by atoms with Crippen LogP contribution in [0.15, 0.2) is 29.1 Å². The highest BCUT2D eigenvalue weighted by Gasteiger charge is 2.03. The van der Waals surface area contributed by atoms with E-state index >= 15 is 0 Å². The molecule has 4 heteroatoms. The standard InChI is InChI=1S/C10H10N2O2/c11-5-6-4-8-7(10(14)12-6)2-1-3-9(8)13/h1-4,13H,5,11H2,(H,12,14). The zero-order valence-corrected chi connectivity index (χ0v) is 7.45. The lowest BCUT2D eigenvalue weighted by molar-refractivity contribution is 0.481. The topological polar surface area (TPSA) is 79.1 Å². The normalized spacial score (nSPS) is 10.6. The summed E-state index contributed by atoms with van der Waals surface area (Å²) >= 11 is 0. The van der Waals surface area contributed by atoms with E-state index in [-0.39, 0.29) is 17.9 Å². The Hall–Kier alpha value is -1.81. The average Bonchev–Trinajstić information content (AvgIpc) is 2.19. The lowest BCUT2D eigenvalue weighted by Crippen LogP contribution is -2.11. The summed E-state index contributed by atoms with van der Waals surface area (Å²) in [6.07, 6.45) is 0. The molecule has 1 heterocycles. The Kier molecular flexibility index (Phi) is 1.98. The van der Waals surface area contributed by atoms with Crippen LogP contribution in [0.1, 0.15) is 5.69 Å². The number of hydrogen-bond donors (Lipinski definition) is 3. The van der Waals surface area contributed by atoms with Crippen molar-refractivity contribution < 1.29 is 5.11 Å². The molecule has 0 radical (unpaired) electrons. The summed E-state index contributed by atoms with van der Waals surface area (Å²) < 4.78 is 0. The van der Waals surface area contributed by atoms with Crippen LogP contribution in [0.4, 0.5) is 0 Å². The van der Waals surface area contributed by atoms with E-state index in [0.29, 0.717) is 16.5 Å². The molecule has 4 N–H and O–H groups in total. The molecule has 0 aliphatic rings. The predicted molar refractivity (Wildman–Crippen MR) is 54.1 cm³/mol. The summed E-state index contributed by atoms with van der Waals surface area (Å²) in [6.45, 7) is 0.250. The zero-order chi connectivity index (χ0) is 10.1. The van der Waals surface area contributed by atoms with Crippen molar-refractivity contribution in [2.45, 2.75) is 6.54 Å². The van der Waals surface area contributed by atoms with E-state index in [4.69, 9.17) is 5.73 Å². The Labute approximate surface area is 80.0 Å². The van der Waals surface area contributed by atoms with Crippen LogP contribution in [0.5, 0.6) is 5.75 Å². The number of aromatic hydroxyl groups is 1. The molecular weight excluding hydrogens is 180 g/mol. The number of phenolic OH excluding ortho intramolecular Hbond substituents is 1. The number of rotatable bonds is 1. The molecule has 14 heavy (non-hydrogen) atoms. The van der Waals surface area contributed by atoms with Gasteiger partial charge in [0.25, 0.3) is 5.56 Å². The Balaban J connectivity index is 2.91. The van der Waals surface area contributed by atoms with Crippen LogP contribution < -0.4 is 11.3 Å². The molecular formula is C10H10N2O2. The third-order valence-electron chi connectivity index (χ3n) is 2.14. The highest BCUT2D eigenvalue weighted by molar-refractivity contribution is 5.87. The van der Waals surface area contributed by atoms with Crippen LogP contribution in [0.25, 0.3) is 10.8 Å². The van der Waals surface area contributed by atoms with Crippen molar-refractivity contribution in [3.8, 4) is 5.75 Å². The fraction of sp³-hybridized carbons (Fsp3) is 0.100. The molecule has 1 aromatic carbocycles. The van der Waals surface area contributed by atoms with E-state index in [2.05, 4.69) is 4.98 Å². The number of benzene rings is 1. The summed E-state index contributed by atoms with van der Waals surface area (Å²) in [7, 11) is 0. The number of H-pyrrole nitrogens is 1. The second kappa shape index (κ2) is 3.16. The Morgan fingerprint density at radius 3 is 2.86 bits per heavy atom. The summed E-state index contributed by atoms with van der Waals surface area (Å²) in [5.41, 5.74) is 5.80. The first-order valence-corrected chi connectivity index (χ1v) is 4.26. The van der Waals surface area contributed by atoms with Gasteiger partial charge in [-0.2, -0.15) is 0 Å². The molecule has 0 atom stereocenters. The van der Waals surface area contributed by atoms with Gasteiger partial charge in [0.05, 0.1) is 5.39 Å². The van der Waals surface area contributed by atoms with Gasteiger partial charge in [-0.05, 0) is 18.2 Å². The number of nitrogens with two attached hydrogens (primary N) is 1. The van der Waals surface area contributed by atoms with E-state index in [1.165, 1.54) is 0 Å². The summed E-state index contributed by atoms with van der Waals surface area (Å²) in [4.78, 5) is 14.1. The molecule has 0 saturated carbocycles. The van der Waals surface area contributed by atoms with Gasteiger partial charge in [-0.1, -0.05) is 6.07 Å². The maximum Gasteiger partial charge on any atom is 0.256 e. The van der Waals surface area contributed by atoms with Crippen LogP contribution >= 0.6 is 0 Å². The van der Waals surface area contributed by atoms with E-state index < -0.39 is 0 Å². The van der Waals surface area contributed by atoms with E-state index in [1.807, 2.05) is 0 Å². The van der Waals surface area contributed by atoms with Gasteiger partial charge in [0.1, 0.15) is 5.75 Å². The quantitative estimate of drug-likeness (QED) is 0.619. The summed E-state index contributed by atoms with van der Waals surface area (Å²) in [5.74, 6) is 0.100. The third-order valence-corrected chi connectivity index (χ3v) is 2.14. The number of aromatic amines is 1. The first-order chi connectivity index (χ1) is 6.72. The van der Waals surface area contributed by atoms with Gasteiger partial charge < -0.3 is 15.8 Å². The SMILES string of the molecule is NCc1cc2c(O)cccc2c(=O)[nH]1. The largest absolute Gasteiger partial charge is 0.507 e. The van der Waals surface area contributed by atoms with Gasteiger partial charge in [0, 0.05) is 17.6 Å². The van der Waals surface area contributed by atoms with Gasteiger partial charge in [-0.15, -0.1) is 0 Å². The van der Waals surface area contributed by atoms with Crippen LogP contribution in [0.2, 0.25) is 0 Å². The van der Waals surface area contributed by atoms with Gasteiger partial charge in [-0.25, -0.2) is 0 Å². The first kappa shape index (κ1) is 8.77. The highest BCUT2D eigenvalue weighted by atomic mass is 16.3. The second-order valence-corrected chi connectivity index (χ2v) is 3.07. The number of pyridine rings is 1. The lowest BCUT2D eigenvalue weighted by atomic mass is 10.1. The lowest BCUT2D eigenvalue weighted by Gasteiger charge is -2.02. The zero-order valence-electron chi connectivity index (χ0n) is 7.45. The minimum absolute atomic E-state index is 0.100. The molecule has 1 aromatic heterocycles. The fourth-order valence-electron chi connectivity index (χ4n) is 1.44. The Morgan fingerprint density at radius 2 is 2.14 bits per heavy atom. The summed E-state index contributed by atoms with van der Waals surface area (Å²) in [6, 6.07) is 6.53. The highest BCUT2D eigenvalue weighted by Crippen LogP contribution is 2.21. The number of phenols is 1. The van der Waals surface area contributed by atoms with Crippen molar-refractivity contribution in [2.24, 2.45) is 5.73 Å². The maximum atomic E-state index is 11.5. The maximum absolute atomic E-state index is 11.5. The molecule has 0 bridgehead atoms. The fourth-order valence-corrected chi connectivity index (χ4v) is 1.44. The number of fused-ring (bicyclic) bond motifs is 1. The molecule has 0 spiro atoms. The average molecular weight is 190 g/mol. The number of aromatic nitrogens is 1. The molecule has 0 aliphatic carbocycles. The van der Waals surface area contributed by atoms with Crippen molar-refractivity contribution >= 4 is 10.8 Å². The molecule has 2 aromatic rings. The monoisotopic (exact) mass is 190 g/mol. The molecule has 2 rings (SSSR count). The van der Waals surface area contributed by atoms with Crippen molar-refractivity contribution in [3.63, 3.8) is 0 Å². The Morgan fingerprint density at radius 1 is 1.36 bits per heavy atom. The number of hydrogen-bond acceptors (Lipinski definition) is 3. The van der Waals surface area contributed by atoms with Crippen molar-refractivity contribution in [1.29, 1.82) is 0 Å². The van der Waals surface area contributed by atoms with Crippen LogP contribution in [0, 0.1) is 0 Å². The van der Waals surface area contributed by atoms with Gasteiger partial charge in [-0.3, -0.25) is 4.79 Å². The minimum Gasteiger partial charge on any atom is -0.507 e.